The average molecular weight is 496 g/mol. The number of aromatic nitrogens is 1. The molecule has 6 nitrogen and oxygen atoms in total. The molecule has 0 unspecified atom stereocenters. The van der Waals surface area contributed by atoms with Crippen molar-refractivity contribution in [1.82, 2.24) is 15.2 Å². The second kappa shape index (κ2) is 9.23. The van der Waals surface area contributed by atoms with Crippen LogP contribution >= 0.6 is 23.1 Å². The number of amides is 2. The molecule has 1 aliphatic rings. The monoisotopic (exact) mass is 495 g/mol. The molecule has 1 N–H and O–H groups in total. The number of benzene rings is 2. The maximum atomic E-state index is 13.5. The van der Waals surface area contributed by atoms with Crippen molar-refractivity contribution < 1.29 is 18.4 Å². The average Bonchev–Trinajstić information content (AvgIpc) is 3.56. The lowest BCUT2D eigenvalue weighted by Crippen LogP contribution is -2.44. The topological polar surface area (TPSA) is 75.4 Å². The third kappa shape index (κ3) is 4.21. The van der Waals surface area contributed by atoms with Gasteiger partial charge in [-0.1, -0.05) is 18.2 Å². The van der Waals surface area contributed by atoms with Gasteiger partial charge in [-0.15, -0.1) is 23.1 Å². The van der Waals surface area contributed by atoms with Crippen molar-refractivity contribution in [3.8, 4) is 10.4 Å². The number of halogens is 1. The Morgan fingerprint density at radius 3 is 2.79 bits per heavy atom. The van der Waals surface area contributed by atoms with E-state index >= 15 is 0 Å². The predicted molar refractivity (Wildman–Crippen MR) is 133 cm³/mol. The van der Waals surface area contributed by atoms with Gasteiger partial charge in [-0.05, 0) is 49.2 Å². The maximum Gasteiger partial charge on any atom is 0.275 e. The largest absolute Gasteiger partial charge is 0.464 e. The fraction of sp³-hybridized carbons (Fsp3) is 0.240. The van der Waals surface area contributed by atoms with Gasteiger partial charge >= 0.3 is 0 Å². The van der Waals surface area contributed by atoms with Gasteiger partial charge in [0.15, 0.2) is 0 Å². The molecule has 0 spiro atoms. The van der Waals surface area contributed by atoms with Gasteiger partial charge in [0.1, 0.15) is 17.1 Å². The molecule has 9 heteroatoms. The summed E-state index contributed by atoms with van der Waals surface area (Å²) in [5.41, 5.74) is 3.26. The summed E-state index contributed by atoms with van der Waals surface area (Å²) in [4.78, 5) is 33.4. The van der Waals surface area contributed by atoms with E-state index in [2.05, 4.69) is 10.3 Å². The third-order valence-electron chi connectivity index (χ3n) is 5.81. The van der Waals surface area contributed by atoms with Gasteiger partial charge in [0.2, 0.25) is 0 Å². The van der Waals surface area contributed by atoms with Gasteiger partial charge in [0, 0.05) is 17.7 Å². The van der Waals surface area contributed by atoms with E-state index < -0.39 is 0 Å². The van der Waals surface area contributed by atoms with Crippen molar-refractivity contribution in [2.24, 2.45) is 0 Å². The zero-order valence-electron chi connectivity index (χ0n) is 18.6. The summed E-state index contributed by atoms with van der Waals surface area (Å²) >= 11 is 3.06. The number of hydrogen-bond donors (Lipinski definition) is 1. The number of thioether (sulfide) groups is 1. The van der Waals surface area contributed by atoms with Gasteiger partial charge in [-0.25, -0.2) is 9.37 Å². The summed E-state index contributed by atoms with van der Waals surface area (Å²) in [7, 11) is 0. The van der Waals surface area contributed by atoms with Crippen LogP contribution in [0.15, 0.2) is 53.1 Å². The quantitative estimate of drug-likeness (QED) is 0.409. The number of hydrogen-bond acceptors (Lipinski definition) is 6. The zero-order valence-corrected chi connectivity index (χ0v) is 20.3. The Kier molecular flexibility index (Phi) is 6.14. The molecule has 0 radical (unpaired) electrons. The summed E-state index contributed by atoms with van der Waals surface area (Å²) in [6.45, 7) is 4.09. The highest BCUT2D eigenvalue weighted by Crippen LogP contribution is 2.33. The Bertz CT molecular complexity index is 1380. The normalized spacial score (nSPS) is 15.7. The molecule has 3 heterocycles. The van der Waals surface area contributed by atoms with Crippen LogP contribution in [0.1, 0.15) is 31.4 Å². The van der Waals surface area contributed by atoms with Gasteiger partial charge in [0.05, 0.1) is 33.6 Å². The SMILES string of the molecule is Cc1nc(C(=O)N2CSC[C@H]2CNC(=O)c2cccc3occ(C)c23)c(-c2ccc(F)cc2)s1. The number of nitrogens with one attached hydrogen (secondary N) is 1. The van der Waals surface area contributed by atoms with E-state index in [0.717, 1.165) is 32.2 Å². The van der Waals surface area contributed by atoms with E-state index in [0.29, 0.717) is 29.3 Å². The van der Waals surface area contributed by atoms with E-state index in [4.69, 9.17) is 4.42 Å². The lowest BCUT2D eigenvalue weighted by Gasteiger charge is -2.24. The van der Waals surface area contributed by atoms with Gasteiger partial charge in [-0.3, -0.25) is 9.59 Å². The Labute approximate surface area is 204 Å². The molecular weight excluding hydrogens is 473 g/mol. The summed E-state index contributed by atoms with van der Waals surface area (Å²) in [6, 6.07) is 11.3. The molecule has 2 aromatic carbocycles. The lowest BCUT2D eigenvalue weighted by atomic mass is 10.1. The second-order valence-corrected chi connectivity index (χ2v) is 10.4. The number of fused-ring (bicyclic) bond motifs is 1. The molecule has 2 amide bonds. The number of furan rings is 1. The maximum absolute atomic E-state index is 13.5. The highest BCUT2D eigenvalue weighted by atomic mass is 32.2. The molecule has 0 saturated carbocycles. The summed E-state index contributed by atoms with van der Waals surface area (Å²) < 4.78 is 18.9. The van der Waals surface area contributed by atoms with Crippen LogP contribution in [-0.2, 0) is 0 Å². The lowest BCUT2D eigenvalue weighted by molar-refractivity contribution is 0.0732. The molecular formula is C25H22FN3O3S2. The number of carbonyl (C=O) groups excluding carboxylic acids is 2. The van der Waals surface area contributed by atoms with Gasteiger partial charge in [0.25, 0.3) is 11.8 Å². The van der Waals surface area contributed by atoms with Crippen LogP contribution < -0.4 is 5.32 Å². The number of nitrogens with zero attached hydrogens (tertiary/aromatic N) is 2. The zero-order chi connectivity index (χ0) is 23.8. The first kappa shape index (κ1) is 22.6. The van der Waals surface area contributed by atoms with E-state index in [1.165, 1.54) is 23.5 Å². The van der Waals surface area contributed by atoms with E-state index in [-0.39, 0.29) is 23.7 Å². The van der Waals surface area contributed by atoms with E-state index in [1.807, 2.05) is 19.9 Å². The minimum absolute atomic E-state index is 0.158. The first-order valence-corrected chi connectivity index (χ1v) is 12.8. The van der Waals surface area contributed by atoms with Crippen molar-refractivity contribution in [3.05, 3.63) is 76.4 Å². The molecule has 1 atom stereocenters. The minimum atomic E-state index is -0.328. The third-order valence-corrected chi connectivity index (χ3v) is 7.91. The van der Waals surface area contributed by atoms with Crippen molar-refractivity contribution >= 4 is 45.9 Å². The fourth-order valence-electron chi connectivity index (χ4n) is 4.12. The van der Waals surface area contributed by atoms with Crippen LogP contribution in [-0.4, -0.2) is 45.9 Å². The molecule has 1 fully saturated rings. The number of rotatable bonds is 5. The summed E-state index contributed by atoms with van der Waals surface area (Å²) in [5, 5.41) is 4.56. The van der Waals surface area contributed by atoms with Gasteiger partial charge < -0.3 is 14.6 Å². The van der Waals surface area contributed by atoms with E-state index in [9.17, 15) is 14.0 Å². The summed E-state index contributed by atoms with van der Waals surface area (Å²) in [5.74, 6) is 0.535. The molecule has 1 saturated heterocycles. The molecule has 174 valence electrons. The van der Waals surface area contributed by atoms with Crippen LogP contribution in [0.25, 0.3) is 21.4 Å². The highest BCUT2D eigenvalue weighted by molar-refractivity contribution is 7.99. The standard InChI is InChI=1S/C25H22FN3O3S2/c1-14-11-32-20-5-3-4-19(21(14)20)24(30)27-10-18-12-33-13-29(18)25(31)22-23(34-15(2)28-22)16-6-8-17(26)9-7-16/h3-9,11,18H,10,12-13H2,1-2H3,(H,27,30)/t18-/m1/s1. The molecule has 0 bridgehead atoms. The minimum Gasteiger partial charge on any atom is -0.464 e. The van der Waals surface area contributed by atoms with Crippen LogP contribution in [0, 0.1) is 19.7 Å². The molecule has 5 rings (SSSR count). The predicted octanol–water partition coefficient (Wildman–Crippen LogP) is 5.26. The fourth-order valence-corrected chi connectivity index (χ4v) is 6.24. The highest BCUT2D eigenvalue weighted by Gasteiger charge is 2.33. The Hall–Kier alpha value is -3.17. The van der Waals surface area contributed by atoms with Crippen LogP contribution in [0.4, 0.5) is 4.39 Å². The smallest absolute Gasteiger partial charge is 0.275 e. The van der Waals surface area contributed by atoms with E-state index in [1.54, 1.807) is 47.2 Å². The Morgan fingerprint density at radius 2 is 2.00 bits per heavy atom. The number of thiazole rings is 1. The van der Waals surface area contributed by atoms with Crippen LogP contribution in [0.5, 0.6) is 0 Å². The van der Waals surface area contributed by atoms with Crippen molar-refractivity contribution in [3.63, 3.8) is 0 Å². The molecule has 0 aliphatic carbocycles. The summed E-state index contributed by atoms with van der Waals surface area (Å²) in [6.07, 6.45) is 1.64. The van der Waals surface area contributed by atoms with Crippen molar-refractivity contribution in [2.75, 3.05) is 18.2 Å². The molecule has 2 aromatic heterocycles. The molecule has 4 aromatic rings. The van der Waals surface area contributed by atoms with Crippen molar-refractivity contribution in [1.29, 1.82) is 0 Å². The van der Waals surface area contributed by atoms with Crippen molar-refractivity contribution in [2.45, 2.75) is 19.9 Å². The first-order chi connectivity index (χ1) is 16.4. The van der Waals surface area contributed by atoms with Crippen LogP contribution in [0.3, 0.4) is 0 Å². The van der Waals surface area contributed by atoms with Crippen LogP contribution in [0.2, 0.25) is 0 Å². The molecule has 1 aliphatic heterocycles. The molecule has 34 heavy (non-hydrogen) atoms. The number of aryl methyl sites for hydroxylation is 2. The first-order valence-electron chi connectivity index (χ1n) is 10.8. The Balaban J connectivity index is 1.34. The van der Waals surface area contributed by atoms with Gasteiger partial charge in [-0.2, -0.15) is 0 Å². The number of carbonyl (C=O) groups is 2. The second-order valence-electron chi connectivity index (χ2n) is 8.15. The Morgan fingerprint density at radius 1 is 1.21 bits per heavy atom.